The van der Waals surface area contributed by atoms with Gasteiger partial charge in [0.05, 0.1) is 19.1 Å². The molecule has 1 aliphatic carbocycles. The molecule has 3 aromatic heterocycles. The van der Waals surface area contributed by atoms with Crippen molar-refractivity contribution in [2.75, 3.05) is 12.0 Å². The maximum Gasteiger partial charge on any atom is 0.233 e. The third-order valence-corrected chi connectivity index (χ3v) is 7.84. The summed E-state index contributed by atoms with van der Waals surface area (Å²) < 4.78 is 5.61. The van der Waals surface area contributed by atoms with Gasteiger partial charge in [0.2, 0.25) is 5.91 Å². The number of hydrogen-bond acceptors (Lipinski definition) is 6. The first-order valence-corrected chi connectivity index (χ1v) is 13.3. The van der Waals surface area contributed by atoms with E-state index in [1.165, 1.54) is 31.1 Å². The molecular formula is C27H27ClN4O3S. The maximum absolute atomic E-state index is 13.9. The van der Waals surface area contributed by atoms with Crippen LogP contribution in [0.5, 0.6) is 5.75 Å². The summed E-state index contributed by atoms with van der Waals surface area (Å²) in [6, 6.07) is 7.02. The number of thiazole rings is 1. The molecule has 1 aromatic carbocycles. The van der Waals surface area contributed by atoms with E-state index in [9.17, 15) is 9.59 Å². The molecule has 1 saturated carbocycles. The van der Waals surface area contributed by atoms with Gasteiger partial charge in [0, 0.05) is 46.0 Å². The Morgan fingerprint density at radius 1 is 1.17 bits per heavy atom. The summed E-state index contributed by atoms with van der Waals surface area (Å²) in [5, 5.41) is 3.64. The van der Waals surface area contributed by atoms with Gasteiger partial charge in [-0.05, 0) is 49.6 Å². The lowest BCUT2D eigenvalue weighted by Gasteiger charge is -2.32. The minimum absolute atomic E-state index is 0.0183. The molecule has 4 aromatic rings. The van der Waals surface area contributed by atoms with Crippen LogP contribution in [0, 0.1) is 6.92 Å². The molecule has 0 spiro atoms. The second-order valence-electron chi connectivity index (χ2n) is 9.04. The van der Waals surface area contributed by atoms with Gasteiger partial charge in [-0.15, -0.1) is 11.3 Å². The van der Waals surface area contributed by atoms with E-state index in [0.717, 1.165) is 47.6 Å². The Morgan fingerprint density at radius 3 is 2.64 bits per heavy atom. The summed E-state index contributed by atoms with van der Waals surface area (Å²) in [7, 11) is 1.54. The molecule has 0 radical (unpaired) electrons. The molecule has 7 nitrogen and oxygen atoms in total. The molecule has 1 amide bonds. The quantitative estimate of drug-likeness (QED) is 0.233. The molecule has 0 aliphatic heterocycles. The predicted molar refractivity (Wildman–Crippen MR) is 142 cm³/mol. The molecule has 1 N–H and O–H groups in total. The van der Waals surface area contributed by atoms with Crippen molar-refractivity contribution in [3.8, 4) is 5.75 Å². The monoisotopic (exact) mass is 522 g/mol. The van der Waals surface area contributed by atoms with Gasteiger partial charge in [0.15, 0.2) is 10.9 Å². The number of aryl methyl sites for hydroxylation is 1. The minimum atomic E-state index is -0.238. The van der Waals surface area contributed by atoms with Crippen LogP contribution in [0.15, 0.2) is 42.0 Å². The van der Waals surface area contributed by atoms with Gasteiger partial charge in [-0.25, -0.2) is 9.97 Å². The number of ketones is 1. The maximum atomic E-state index is 13.9. The van der Waals surface area contributed by atoms with E-state index in [1.807, 2.05) is 23.3 Å². The van der Waals surface area contributed by atoms with E-state index in [2.05, 4.69) is 15.0 Å². The zero-order valence-electron chi connectivity index (χ0n) is 20.2. The van der Waals surface area contributed by atoms with Gasteiger partial charge in [0.25, 0.3) is 0 Å². The van der Waals surface area contributed by atoms with E-state index < -0.39 is 0 Å². The molecule has 0 atom stereocenters. The van der Waals surface area contributed by atoms with Crippen LogP contribution >= 0.6 is 22.9 Å². The molecule has 9 heteroatoms. The van der Waals surface area contributed by atoms with Crippen LogP contribution in [0.2, 0.25) is 5.15 Å². The van der Waals surface area contributed by atoms with Gasteiger partial charge >= 0.3 is 0 Å². The number of anilines is 1. The molecule has 36 heavy (non-hydrogen) atoms. The number of amides is 1. The van der Waals surface area contributed by atoms with Crippen LogP contribution in [0.3, 0.4) is 0 Å². The van der Waals surface area contributed by atoms with Crippen molar-refractivity contribution in [2.24, 2.45) is 0 Å². The number of methoxy groups -OCH3 is 1. The fourth-order valence-corrected chi connectivity index (χ4v) is 5.96. The number of ether oxygens (including phenoxy) is 1. The molecule has 186 valence electrons. The summed E-state index contributed by atoms with van der Waals surface area (Å²) in [5.41, 5.74) is 3.21. The lowest BCUT2D eigenvalue weighted by Crippen LogP contribution is -2.42. The number of nitrogens with zero attached hydrogens (tertiary/aromatic N) is 3. The zero-order chi connectivity index (χ0) is 25.2. The van der Waals surface area contributed by atoms with Crippen LogP contribution < -0.4 is 9.64 Å². The topological polar surface area (TPSA) is 88.2 Å². The normalized spacial score (nSPS) is 14.2. The van der Waals surface area contributed by atoms with Gasteiger partial charge in [0.1, 0.15) is 10.9 Å². The highest BCUT2D eigenvalue weighted by Crippen LogP contribution is 2.36. The van der Waals surface area contributed by atoms with E-state index in [4.69, 9.17) is 16.3 Å². The first-order valence-electron chi connectivity index (χ1n) is 12.0. The molecule has 0 unspecified atom stereocenters. The van der Waals surface area contributed by atoms with Gasteiger partial charge in [-0.3, -0.25) is 14.5 Å². The standard InChI is InChI=1S/C27H27ClN4O3S/c1-16-19(14-23(33)32(27-29-12-13-36-27)18-6-4-3-5-7-18)24-20(31-16)9-10-21(35-2)25(24)26(34)17-8-11-22(28)30-15-17/h8-13,15,18,31H,3-7,14H2,1-2H3. The second-order valence-corrected chi connectivity index (χ2v) is 10.3. The van der Waals surface area contributed by atoms with Gasteiger partial charge in [-0.2, -0.15) is 0 Å². The number of halogens is 1. The molecule has 1 aliphatic rings. The van der Waals surface area contributed by atoms with Crippen molar-refractivity contribution in [3.05, 3.63) is 69.6 Å². The van der Waals surface area contributed by atoms with Crippen molar-refractivity contribution in [1.29, 1.82) is 0 Å². The van der Waals surface area contributed by atoms with E-state index in [-0.39, 0.29) is 24.2 Å². The first kappa shape index (κ1) is 24.5. The number of carbonyl (C=O) groups is 2. The van der Waals surface area contributed by atoms with Gasteiger partial charge < -0.3 is 9.72 Å². The Bertz CT molecular complexity index is 1390. The number of pyridine rings is 1. The minimum Gasteiger partial charge on any atom is -0.496 e. The number of benzene rings is 1. The highest BCUT2D eigenvalue weighted by Gasteiger charge is 2.31. The number of fused-ring (bicyclic) bond motifs is 1. The summed E-state index contributed by atoms with van der Waals surface area (Å²) in [6.07, 6.45) is 8.70. The Morgan fingerprint density at radius 2 is 1.97 bits per heavy atom. The van der Waals surface area contributed by atoms with E-state index in [1.54, 1.807) is 24.4 Å². The van der Waals surface area contributed by atoms with Crippen molar-refractivity contribution in [1.82, 2.24) is 15.0 Å². The summed E-state index contributed by atoms with van der Waals surface area (Å²) in [5.74, 6) is 0.188. The van der Waals surface area contributed by atoms with Crippen molar-refractivity contribution in [3.63, 3.8) is 0 Å². The zero-order valence-corrected chi connectivity index (χ0v) is 21.8. The molecule has 5 rings (SSSR count). The van der Waals surface area contributed by atoms with Crippen LogP contribution in [0.25, 0.3) is 10.9 Å². The number of aromatic amines is 1. The molecule has 0 saturated heterocycles. The molecule has 0 bridgehead atoms. The average molecular weight is 523 g/mol. The summed E-state index contributed by atoms with van der Waals surface area (Å²) in [6.45, 7) is 1.93. The molecule has 1 fully saturated rings. The number of carbonyl (C=O) groups excluding carboxylic acids is 2. The number of H-pyrrole nitrogens is 1. The Kier molecular flexibility index (Phi) is 7.07. The number of hydrogen-bond donors (Lipinski definition) is 1. The largest absolute Gasteiger partial charge is 0.496 e. The van der Waals surface area contributed by atoms with Crippen molar-refractivity contribution < 1.29 is 14.3 Å². The Balaban J connectivity index is 1.59. The Hall–Kier alpha value is -3.23. The van der Waals surface area contributed by atoms with Crippen LogP contribution in [0.4, 0.5) is 5.13 Å². The highest BCUT2D eigenvalue weighted by atomic mass is 35.5. The van der Waals surface area contributed by atoms with E-state index in [0.29, 0.717) is 27.4 Å². The molecular weight excluding hydrogens is 496 g/mol. The highest BCUT2D eigenvalue weighted by molar-refractivity contribution is 7.13. The van der Waals surface area contributed by atoms with Crippen molar-refractivity contribution >= 4 is 50.7 Å². The number of aromatic nitrogens is 3. The van der Waals surface area contributed by atoms with E-state index >= 15 is 0 Å². The number of nitrogens with one attached hydrogen (secondary N) is 1. The first-order chi connectivity index (χ1) is 17.5. The smallest absolute Gasteiger partial charge is 0.233 e. The third kappa shape index (κ3) is 4.63. The average Bonchev–Trinajstić information content (AvgIpc) is 3.52. The lowest BCUT2D eigenvalue weighted by atomic mass is 9.93. The second kappa shape index (κ2) is 10.4. The number of rotatable bonds is 7. The predicted octanol–water partition coefficient (Wildman–Crippen LogP) is 6.13. The summed E-state index contributed by atoms with van der Waals surface area (Å²) >= 11 is 7.42. The Labute approximate surface area is 218 Å². The fourth-order valence-electron chi connectivity index (χ4n) is 5.11. The van der Waals surface area contributed by atoms with Crippen molar-refractivity contribution in [2.45, 2.75) is 51.5 Å². The van der Waals surface area contributed by atoms with Crippen LogP contribution in [-0.4, -0.2) is 39.8 Å². The summed E-state index contributed by atoms with van der Waals surface area (Å²) in [4.78, 5) is 41.4. The third-order valence-electron chi connectivity index (χ3n) is 6.84. The molecule has 3 heterocycles. The fraction of sp³-hybridized carbons (Fsp3) is 0.333. The van der Waals surface area contributed by atoms with Gasteiger partial charge in [-0.1, -0.05) is 30.9 Å². The SMILES string of the molecule is COc1ccc2[nH]c(C)c(CC(=O)N(c3nccs3)C3CCCCC3)c2c1C(=O)c1ccc(Cl)nc1. The lowest BCUT2D eigenvalue weighted by molar-refractivity contribution is -0.118. The van der Waals surface area contributed by atoms with Crippen LogP contribution in [-0.2, 0) is 11.2 Å². The van der Waals surface area contributed by atoms with Crippen LogP contribution in [0.1, 0.15) is 59.3 Å².